The maximum atomic E-state index is 11.7. The fourth-order valence-corrected chi connectivity index (χ4v) is 2.49. The van der Waals surface area contributed by atoms with Gasteiger partial charge >= 0.3 is 0 Å². The van der Waals surface area contributed by atoms with Gasteiger partial charge in [0, 0.05) is 35.1 Å². The number of amides is 1. The van der Waals surface area contributed by atoms with Gasteiger partial charge in [-0.2, -0.15) is 0 Å². The SMILES string of the molecule is Nc1ccc(NC(=O)CCCSc2ccncc2)cc1. The van der Waals surface area contributed by atoms with Gasteiger partial charge in [-0.3, -0.25) is 9.78 Å². The fourth-order valence-electron chi connectivity index (χ4n) is 1.65. The first-order valence-corrected chi connectivity index (χ1v) is 7.41. The zero-order valence-corrected chi connectivity index (χ0v) is 11.9. The Hall–Kier alpha value is -2.01. The van der Waals surface area contributed by atoms with E-state index in [2.05, 4.69) is 10.3 Å². The summed E-state index contributed by atoms with van der Waals surface area (Å²) in [6, 6.07) is 11.1. The number of nitrogen functional groups attached to an aromatic ring is 1. The summed E-state index contributed by atoms with van der Waals surface area (Å²) < 4.78 is 0. The number of aromatic nitrogens is 1. The Balaban J connectivity index is 1.66. The van der Waals surface area contributed by atoms with Crippen LogP contribution in [-0.4, -0.2) is 16.6 Å². The lowest BCUT2D eigenvalue weighted by atomic mass is 10.2. The number of nitrogens with two attached hydrogens (primary N) is 1. The zero-order valence-electron chi connectivity index (χ0n) is 11.1. The number of pyridine rings is 1. The molecule has 0 spiro atoms. The van der Waals surface area contributed by atoms with E-state index in [1.54, 1.807) is 48.4 Å². The summed E-state index contributed by atoms with van der Waals surface area (Å²) in [5.41, 5.74) is 7.07. The maximum absolute atomic E-state index is 11.7. The highest BCUT2D eigenvalue weighted by atomic mass is 32.2. The number of carbonyl (C=O) groups excluding carboxylic acids is 1. The molecule has 0 fully saturated rings. The van der Waals surface area contributed by atoms with Crippen LogP contribution in [0.15, 0.2) is 53.7 Å². The van der Waals surface area contributed by atoms with Crippen LogP contribution in [0.2, 0.25) is 0 Å². The molecule has 1 aromatic heterocycles. The third kappa shape index (κ3) is 4.93. The largest absolute Gasteiger partial charge is 0.399 e. The third-order valence-corrected chi connectivity index (χ3v) is 3.76. The normalized spacial score (nSPS) is 10.2. The maximum Gasteiger partial charge on any atom is 0.224 e. The number of hydrogen-bond acceptors (Lipinski definition) is 4. The molecule has 1 amide bonds. The van der Waals surface area contributed by atoms with Crippen molar-refractivity contribution in [1.82, 2.24) is 4.98 Å². The van der Waals surface area contributed by atoms with E-state index in [1.165, 1.54) is 4.90 Å². The molecule has 3 N–H and O–H groups in total. The molecule has 0 unspecified atom stereocenters. The van der Waals surface area contributed by atoms with Gasteiger partial charge in [-0.05, 0) is 48.6 Å². The van der Waals surface area contributed by atoms with Crippen LogP contribution >= 0.6 is 11.8 Å². The summed E-state index contributed by atoms with van der Waals surface area (Å²) in [5.74, 6) is 0.948. The van der Waals surface area contributed by atoms with Gasteiger partial charge in [-0.15, -0.1) is 11.8 Å². The summed E-state index contributed by atoms with van der Waals surface area (Å²) >= 11 is 1.73. The summed E-state index contributed by atoms with van der Waals surface area (Å²) in [7, 11) is 0. The van der Waals surface area contributed by atoms with Gasteiger partial charge in [0.15, 0.2) is 0 Å². The van der Waals surface area contributed by atoms with Crippen LogP contribution in [0.1, 0.15) is 12.8 Å². The molecule has 2 rings (SSSR count). The molecule has 0 aliphatic carbocycles. The Morgan fingerprint density at radius 2 is 1.85 bits per heavy atom. The van der Waals surface area contributed by atoms with Crippen molar-refractivity contribution in [3.63, 3.8) is 0 Å². The summed E-state index contributed by atoms with van der Waals surface area (Å²) in [6.45, 7) is 0. The van der Waals surface area contributed by atoms with E-state index in [9.17, 15) is 4.79 Å². The van der Waals surface area contributed by atoms with Gasteiger partial charge in [-0.25, -0.2) is 0 Å². The van der Waals surface area contributed by atoms with Crippen LogP contribution in [0.3, 0.4) is 0 Å². The summed E-state index contributed by atoms with van der Waals surface area (Å²) in [5, 5.41) is 2.85. The third-order valence-electron chi connectivity index (χ3n) is 2.66. The highest BCUT2D eigenvalue weighted by molar-refractivity contribution is 7.99. The van der Waals surface area contributed by atoms with Gasteiger partial charge in [0.05, 0.1) is 0 Å². The Kier molecular flexibility index (Phi) is 5.43. The Bertz CT molecular complexity index is 543. The van der Waals surface area contributed by atoms with Crippen molar-refractivity contribution in [3.8, 4) is 0 Å². The number of rotatable bonds is 6. The molecular formula is C15H17N3OS. The summed E-state index contributed by atoms with van der Waals surface area (Å²) in [6.07, 6.45) is 4.91. The average molecular weight is 287 g/mol. The van der Waals surface area contributed by atoms with Crippen molar-refractivity contribution in [2.75, 3.05) is 16.8 Å². The summed E-state index contributed by atoms with van der Waals surface area (Å²) in [4.78, 5) is 16.9. The highest BCUT2D eigenvalue weighted by Crippen LogP contribution is 2.18. The Morgan fingerprint density at radius 1 is 1.15 bits per heavy atom. The molecule has 1 heterocycles. The van der Waals surface area contributed by atoms with Crippen LogP contribution in [0.5, 0.6) is 0 Å². The minimum Gasteiger partial charge on any atom is -0.399 e. The van der Waals surface area contributed by atoms with Gasteiger partial charge in [0.1, 0.15) is 0 Å². The first kappa shape index (κ1) is 14.4. The number of hydrogen-bond donors (Lipinski definition) is 2. The van der Waals surface area contributed by atoms with Crippen LogP contribution in [0.25, 0.3) is 0 Å². The Labute approximate surface area is 122 Å². The second kappa shape index (κ2) is 7.55. The lowest BCUT2D eigenvalue weighted by Crippen LogP contribution is -2.11. The number of carbonyl (C=O) groups is 1. The molecule has 2 aromatic rings. The van der Waals surface area contributed by atoms with Crippen molar-refractivity contribution in [2.24, 2.45) is 0 Å². The minimum absolute atomic E-state index is 0.0325. The van der Waals surface area contributed by atoms with Crippen LogP contribution in [0.4, 0.5) is 11.4 Å². The van der Waals surface area contributed by atoms with Crippen molar-refractivity contribution in [1.29, 1.82) is 0 Å². The first-order valence-electron chi connectivity index (χ1n) is 6.42. The standard InChI is InChI=1S/C15H17N3OS/c16-12-3-5-13(6-4-12)18-15(19)2-1-11-20-14-7-9-17-10-8-14/h3-10H,1-2,11,16H2,(H,18,19). The topological polar surface area (TPSA) is 68.0 Å². The molecule has 0 radical (unpaired) electrons. The Morgan fingerprint density at radius 3 is 2.55 bits per heavy atom. The van der Waals surface area contributed by atoms with Crippen molar-refractivity contribution in [2.45, 2.75) is 17.7 Å². The number of nitrogens with zero attached hydrogens (tertiary/aromatic N) is 1. The van der Waals surface area contributed by atoms with Crippen LogP contribution in [-0.2, 0) is 4.79 Å². The average Bonchev–Trinajstić information content (AvgIpc) is 2.47. The monoisotopic (exact) mass is 287 g/mol. The first-order chi connectivity index (χ1) is 9.74. The van der Waals surface area contributed by atoms with E-state index in [0.717, 1.165) is 17.9 Å². The van der Waals surface area contributed by atoms with Gasteiger partial charge in [0.25, 0.3) is 0 Å². The predicted molar refractivity (Wildman–Crippen MR) is 83.7 cm³/mol. The van der Waals surface area contributed by atoms with Crippen molar-refractivity contribution < 1.29 is 4.79 Å². The van der Waals surface area contributed by atoms with E-state index >= 15 is 0 Å². The van der Waals surface area contributed by atoms with Crippen LogP contribution in [0, 0.1) is 0 Å². The molecule has 4 nitrogen and oxygen atoms in total. The highest BCUT2D eigenvalue weighted by Gasteiger charge is 2.02. The molecule has 104 valence electrons. The molecule has 20 heavy (non-hydrogen) atoms. The van der Waals surface area contributed by atoms with Gasteiger partial charge in [0.2, 0.25) is 5.91 Å². The molecule has 0 aliphatic rings. The number of anilines is 2. The molecular weight excluding hydrogens is 270 g/mol. The molecule has 1 aromatic carbocycles. The molecule has 0 aliphatic heterocycles. The molecule has 0 saturated heterocycles. The van der Waals surface area contributed by atoms with Gasteiger partial charge < -0.3 is 11.1 Å². The van der Waals surface area contributed by atoms with Crippen molar-refractivity contribution in [3.05, 3.63) is 48.8 Å². The fraction of sp³-hybridized carbons (Fsp3) is 0.200. The number of nitrogens with one attached hydrogen (secondary N) is 1. The number of benzene rings is 1. The minimum atomic E-state index is 0.0325. The lowest BCUT2D eigenvalue weighted by molar-refractivity contribution is -0.116. The predicted octanol–water partition coefficient (Wildman–Crippen LogP) is 3.17. The lowest BCUT2D eigenvalue weighted by Gasteiger charge is -2.05. The van der Waals surface area contributed by atoms with E-state index in [0.29, 0.717) is 12.1 Å². The quantitative estimate of drug-likeness (QED) is 0.486. The number of thioether (sulfide) groups is 1. The van der Waals surface area contributed by atoms with E-state index in [1.807, 2.05) is 12.1 Å². The molecule has 5 heteroatoms. The van der Waals surface area contributed by atoms with E-state index in [-0.39, 0.29) is 5.91 Å². The second-order valence-corrected chi connectivity index (χ2v) is 5.47. The molecule has 0 bridgehead atoms. The smallest absolute Gasteiger partial charge is 0.224 e. The zero-order chi connectivity index (χ0) is 14.2. The molecule has 0 saturated carbocycles. The second-order valence-electron chi connectivity index (χ2n) is 4.31. The van der Waals surface area contributed by atoms with E-state index in [4.69, 9.17) is 5.73 Å². The van der Waals surface area contributed by atoms with Crippen LogP contribution < -0.4 is 11.1 Å². The van der Waals surface area contributed by atoms with E-state index < -0.39 is 0 Å². The van der Waals surface area contributed by atoms with Crippen molar-refractivity contribution >= 4 is 29.0 Å². The molecule has 0 atom stereocenters. The van der Waals surface area contributed by atoms with Gasteiger partial charge in [-0.1, -0.05) is 0 Å².